The molecule has 0 unspecified atom stereocenters. The van der Waals surface area contributed by atoms with Crippen molar-refractivity contribution in [1.29, 1.82) is 0 Å². The predicted molar refractivity (Wildman–Crippen MR) is 200 cm³/mol. The Kier molecular flexibility index (Phi) is 14.3. The molecule has 4 rings (SSSR count). The Balaban J connectivity index is 1.70. The molecule has 0 saturated carbocycles. The van der Waals surface area contributed by atoms with E-state index in [1.807, 2.05) is 42.5 Å². The van der Waals surface area contributed by atoms with Gasteiger partial charge in [0.15, 0.2) is 11.9 Å². The number of aromatic hydroxyl groups is 1. The van der Waals surface area contributed by atoms with Crippen molar-refractivity contribution in [2.75, 3.05) is 19.6 Å². The second kappa shape index (κ2) is 19.3. The van der Waals surface area contributed by atoms with Crippen LogP contribution in [0, 0.1) is 0 Å². The van der Waals surface area contributed by atoms with E-state index >= 15 is 0 Å². The lowest BCUT2D eigenvalue weighted by molar-refractivity contribution is -0.134. The average molecular weight is 730 g/mol. The molecule has 1 heterocycles. The summed E-state index contributed by atoms with van der Waals surface area (Å²) in [5.41, 5.74) is 23.1. The summed E-state index contributed by atoms with van der Waals surface area (Å²) in [7, 11) is 0. The molecule has 0 aromatic heterocycles. The largest absolute Gasteiger partial charge is 0.508 e. The van der Waals surface area contributed by atoms with Crippen molar-refractivity contribution in [3.05, 3.63) is 77.9 Å². The molecule has 4 atom stereocenters. The fourth-order valence-electron chi connectivity index (χ4n) is 5.79. The van der Waals surface area contributed by atoms with Crippen LogP contribution in [0.25, 0.3) is 10.8 Å². The van der Waals surface area contributed by atoms with E-state index in [0.717, 1.165) is 16.3 Å². The quantitative estimate of drug-likeness (QED) is 0.0585. The number of benzene rings is 3. The zero-order chi connectivity index (χ0) is 38.3. The Labute approximate surface area is 306 Å². The molecular formula is C36H47N11O6. The number of hydrogen-bond donors (Lipinski definition) is 10. The first-order valence-corrected chi connectivity index (χ1v) is 17.2. The molecule has 0 aliphatic carbocycles. The van der Waals surface area contributed by atoms with Gasteiger partial charge < -0.3 is 54.6 Å². The number of fused-ring (bicyclic) bond motifs is 1. The number of phenols is 1. The van der Waals surface area contributed by atoms with E-state index in [-0.39, 0.29) is 56.4 Å². The summed E-state index contributed by atoms with van der Waals surface area (Å²) in [5, 5.41) is 25.2. The lowest BCUT2D eigenvalue weighted by Crippen LogP contribution is -2.58. The van der Waals surface area contributed by atoms with Crippen molar-refractivity contribution < 1.29 is 29.1 Å². The molecule has 3 aromatic carbocycles. The highest BCUT2D eigenvalue weighted by atomic mass is 16.3. The first kappa shape index (κ1) is 39.4. The summed E-state index contributed by atoms with van der Waals surface area (Å²) in [6, 6.07) is 14.7. The number of guanidine groups is 2. The highest BCUT2D eigenvalue weighted by Gasteiger charge is 2.32. The average Bonchev–Trinajstić information content (AvgIpc) is 3.12. The van der Waals surface area contributed by atoms with Gasteiger partial charge in [0.25, 0.3) is 0 Å². The lowest BCUT2D eigenvalue weighted by Gasteiger charge is -2.26. The van der Waals surface area contributed by atoms with Gasteiger partial charge in [-0.3, -0.25) is 34.0 Å². The lowest BCUT2D eigenvalue weighted by atomic mass is 9.99. The Morgan fingerprint density at radius 2 is 1.09 bits per heavy atom. The Morgan fingerprint density at radius 3 is 1.68 bits per heavy atom. The number of nitrogens with zero attached hydrogens (tertiary/aromatic N) is 2. The van der Waals surface area contributed by atoms with Crippen molar-refractivity contribution in [2.45, 2.75) is 62.7 Å². The summed E-state index contributed by atoms with van der Waals surface area (Å²) in [6.07, 6.45) is 0.802. The van der Waals surface area contributed by atoms with Gasteiger partial charge in [-0.25, -0.2) is 0 Å². The molecule has 0 bridgehead atoms. The second-order valence-corrected chi connectivity index (χ2v) is 12.7. The van der Waals surface area contributed by atoms with Gasteiger partial charge in [-0.05, 0) is 59.7 Å². The van der Waals surface area contributed by atoms with Crippen molar-refractivity contribution in [2.24, 2.45) is 32.9 Å². The summed E-state index contributed by atoms with van der Waals surface area (Å²) < 4.78 is 0. The van der Waals surface area contributed by atoms with Crippen LogP contribution in [0.3, 0.4) is 0 Å². The van der Waals surface area contributed by atoms with Gasteiger partial charge in [0.2, 0.25) is 29.5 Å². The van der Waals surface area contributed by atoms with Crippen LogP contribution < -0.4 is 49.5 Å². The molecule has 1 saturated heterocycles. The van der Waals surface area contributed by atoms with E-state index in [9.17, 15) is 29.1 Å². The molecule has 17 heteroatoms. The minimum Gasteiger partial charge on any atom is -0.508 e. The summed E-state index contributed by atoms with van der Waals surface area (Å²) in [5.74, 6) is -3.65. The van der Waals surface area contributed by atoms with Gasteiger partial charge in [-0.15, -0.1) is 0 Å². The molecule has 17 nitrogen and oxygen atoms in total. The zero-order valence-corrected chi connectivity index (χ0v) is 29.2. The Bertz CT molecular complexity index is 1820. The molecule has 3 aromatic rings. The molecule has 282 valence electrons. The maximum absolute atomic E-state index is 14.2. The van der Waals surface area contributed by atoms with Crippen LogP contribution in [0.5, 0.6) is 5.75 Å². The molecule has 1 aliphatic rings. The summed E-state index contributed by atoms with van der Waals surface area (Å²) in [6.45, 7) is -0.165. The van der Waals surface area contributed by atoms with E-state index < -0.39 is 60.2 Å². The van der Waals surface area contributed by atoms with Gasteiger partial charge in [-0.2, -0.15) is 0 Å². The first-order chi connectivity index (χ1) is 25.4. The number of nitrogens with two attached hydrogens (primary N) is 4. The topological polar surface area (TPSA) is 295 Å². The molecule has 1 fully saturated rings. The molecular weight excluding hydrogens is 682 g/mol. The fourth-order valence-corrected chi connectivity index (χ4v) is 5.79. The van der Waals surface area contributed by atoms with Crippen molar-refractivity contribution in [3.63, 3.8) is 0 Å². The van der Waals surface area contributed by atoms with Crippen molar-refractivity contribution in [3.8, 4) is 5.75 Å². The van der Waals surface area contributed by atoms with E-state index in [2.05, 4.69) is 36.6 Å². The Hall–Kier alpha value is -6.39. The number of amides is 5. The predicted octanol–water partition coefficient (Wildman–Crippen LogP) is -1.49. The first-order valence-electron chi connectivity index (χ1n) is 17.2. The third kappa shape index (κ3) is 12.7. The molecule has 5 amide bonds. The summed E-state index contributed by atoms with van der Waals surface area (Å²) in [4.78, 5) is 76.3. The third-order valence-electron chi connectivity index (χ3n) is 8.49. The third-order valence-corrected chi connectivity index (χ3v) is 8.49. The van der Waals surface area contributed by atoms with Crippen LogP contribution in [-0.2, 0) is 36.8 Å². The van der Waals surface area contributed by atoms with Crippen LogP contribution in [0.15, 0.2) is 76.7 Å². The van der Waals surface area contributed by atoms with Gasteiger partial charge in [0.05, 0.1) is 6.54 Å². The van der Waals surface area contributed by atoms with Crippen LogP contribution in [0.1, 0.15) is 36.8 Å². The van der Waals surface area contributed by atoms with Crippen LogP contribution in [0.4, 0.5) is 0 Å². The number of nitrogens with one attached hydrogen (secondary N) is 5. The Morgan fingerprint density at radius 1 is 0.604 bits per heavy atom. The number of aliphatic imine (C=N–C) groups is 2. The molecule has 1 aliphatic heterocycles. The molecule has 0 radical (unpaired) electrons. The van der Waals surface area contributed by atoms with Gasteiger partial charge in [-0.1, -0.05) is 54.6 Å². The zero-order valence-electron chi connectivity index (χ0n) is 29.2. The smallest absolute Gasteiger partial charge is 0.243 e. The van der Waals surface area contributed by atoms with Crippen molar-refractivity contribution >= 4 is 52.2 Å². The minimum absolute atomic E-state index is 0.0102. The monoisotopic (exact) mass is 729 g/mol. The number of phenolic OH excluding ortho intramolecular Hbond substituents is 1. The molecule has 14 N–H and O–H groups in total. The van der Waals surface area contributed by atoms with E-state index in [1.54, 1.807) is 12.1 Å². The van der Waals surface area contributed by atoms with Crippen LogP contribution in [-0.4, -0.2) is 90.4 Å². The standard InChI is InChI=1S/C36H47N11O6/c37-35(38)41-15-3-7-26-31(50)43-20-30(49)44-27(8-4-16-42-36(39)40)32(51)46-29(19-22-9-12-23-5-1-2-6-24(23)17-22)34(53)47-28(33(52)45-26)18-21-10-13-25(48)14-11-21/h1-2,5-6,9-14,17,26-29,48H,3-4,7-8,15-16,18-20H2,(H,43,50)(H,44,49)(H,45,52)(H,46,51)(H,47,53)(H4,37,38,41)(H4,39,40,42)/t26-,27-,28-,29+/m1/s1. The van der Waals surface area contributed by atoms with Crippen molar-refractivity contribution in [1.82, 2.24) is 26.6 Å². The van der Waals surface area contributed by atoms with Gasteiger partial charge in [0.1, 0.15) is 29.9 Å². The number of rotatable bonds is 12. The van der Waals surface area contributed by atoms with E-state index in [4.69, 9.17) is 22.9 Å². The van der Waals surface area contributed by atoms with Gasteiger partial charge >= 0.3 is 0 Å². The summed E-state index contributed by atoms with van der Waals surface area (Å²) >= 11 is 0. The van der Waals surface area contributed by atoms with Gasteiger partial charge in [0, 0.05) is 25.9 Å². The van der Waals surface area contributed by atoms with E-state index in [1.165, 1.54) is 12.1 Å². The molecule has 0 spiro atoms. The number of carbonyl (C=O) groups is 5. The van der Waals surface area contributed by atoms with Crippen LogP contribution in [0.2, 0.25) is 0 Å². The maximum Gasteiger partial charge on any atom is 0.243 e. The maximum atomic E-state index is 14.2. The molecule has 53 heavy (non-hydrogen) atoms. The second-order valence-electron chi connectivity index (χ2n) is 12.7. The van der Waals surface area contributed by atoms with Crippen LogP contribution >= 0.6 is 0 Å². The van der Waals surface area contributed by atoms with E-state index in [0.29, 0.717) is 18.4 Å². The number of carbonyl (C=O) groups excluding carboxylic acids is 5. The minimum atomic E-state index is -1.23. The fraction of sp³-hybridized carbons (Fsp3) is 0.361. The SMILES string of the molecule is NC(N)=NCCC[C@H]1NC(=O)CNC(=O)[C@@H](CCCN=C(N)N)NC(=O)[C@@H](Cc2ccc(O)cc2)NC(=O)[C@H](Cc2ccc3ccccc3c2)NC1=O. The highest BCUT2D eigenvalue weighted by molar-refractivity contribution is 5.97. The highest BCUT2D eigenvalue weighted by Crippen LogP contribution is 2.18. The normalized spacial score (nSPS) is 20.0. The number of hydrogen-bond acceptors (Lipinski definition) is 8.